The van der Waals surface area contributed by atoms with Gasteiger partial charge in [-0.1, -0.05) is 32.1 Å². The van der Waals surface area contributed by atoms with Gasteiger partial charge in [0.2, 0.25) is 0 Å². The van der Waals surface area contributed by atoms with Crippen molar-refractivity contribution in [1.82, 2.24) is 0 Å². The summed E-state index contributed by atoms with van der Waals surface area (Å²) in [5.74, 6) is 0.729. The van der Waals surface area contributed by atoms with Crippen LogP contribution in [0.3, 0.4) is 0 Å². The number of ether oxygens (including phenoxy) is 4. The summed E-state index contributed by atoms with van der Waals surface area (Å²) in [6, 6.07) is 18.9. The molecule has 216 valence electrons. The number of aryl methyl sites for hydroxylation is 1. The summed E-state index contributed by atoms with van der Waals surface area (Å²) < 4.78 is 21.5. The third-order valence-corrected chi connectivity index (χ3v) is 7.17. The van der Waals surface area contributed by atoms with Crippen molar-refractivity contribution in [2.75, 3.05) is 19.5 Å². The second-order valence-corrected chi connectivity index (χ2v) is 10.5. The Kier molecular flexibility index (Phi) is 12.5. The van der Waals surface area contributed by atoms with E-state index in [1.165, 1.54) is 5.56 Å². The lowest BCUT2D eigenvalue weighted by Crippen LogP contribution is -2.10. The molecule has 0 atom stereocenters. The summed E-state index contributed by atoms with van der Waals surface area (Å²) in [5, 5.41) is 0. The molecule has 0 amide bonds. The van der Waals surface area contributed by atoms with E-state index in [1.54, 1.807) is 74.3 Å². The molecule has 0 aliphatic rings. The third kappa shape index (κ3) is 10.1. The molecule has 0 N–H and O–H groups in total. The molecule has 0 unspecified atom stereocenters. The van der Waals surface area contributed by atoms with Gasteiger partial charge in [-0.3, -0.25) is 0 Å². The molecule has 0 bridgehead atoms. The van der Waals surface area contributed by atoms with Crippen LogP contribution in [0.25, 0.3) is 0 Å². The molecule has 0 saturated carbocycles. The van der Waals surface area contributed by atoms with Gasteiger partial charge in [-0.15, -0.1) is 11.8 Å². The minimum absolute atomic E-state index is 0.302. The van der Waals surface area contributed by atoms with E-state index >= 15 is 0 Å². The van der Waals surface area contributed by atoms with E-state index in [0.29, 0.717) is 40.6 Å². The molecule has 7 nitrogen and oxygen atoms in total. The van der Waals surface area contributed by atoms with Gasteiger partial charge in [-0.05, 0) is 98.5 Å². The highest BCUT2D eigenvalue weighted by atomic mass is 32.2. The van der Waals surface area contributed by atoms with E-state index in [-0.39, 0.29) is 5.97 Å². The lowest BCUT2D eigenvalue weighted by atomic mass is 10.1. The molecule has 0 radical (unpaired) electrons. The zero-order valence-corrected chi connectivity index (χ0v) is 24.6. The van der Waals surface area contributed by atoms with Crippen molar-refractivity contribution in [2.24, 2.45) is 0 Å². The minimum atomic E-state index is -0.544. The molecule has 0 fully saturated rings. The molecule has 0 aromatic heterocycles. The summed E-state index contributed by atoms with van der Waals surface area (Å²) in [4.78, 5) is 37.6. The van der Waals surface area contributed by atoms with Gasteiger partial charge in [0.1, 0.15) is 17.2 Å². The van der Waals surface area contributed by atoms with E-state index < -0.39 is 11.9 Å². The number of benzene rings is 3. The van der Waals surface area contributed by atoms with Crippen LogP contribution >= 0.6 is 11.8 Å². The Hall–Kier alpha value is -4.04. The molecule has 0 spiro atoms. The molecular formula is C33H36O7S. The molecule has 3 aromatic rings. The maximum Gasteiger partial charge on any atom is 0.343 e. The number of carbonyl (C=O) groups excluding carboxylic acids is 3. The molecule has 0 aliphatic heterocycles. The fraction of sp³-hybridized carbons (Fsp3) is 0.303. The minimum Gasteiger partial charge on any atom is -0.496 e. The van der Waals surface area contributed by atoms with Crippen LogP contribution in [-0.4, -0.2) is 37.4 Å². The number of esters is 3. The Morgan fingerprint density at radius 2 is 1.41 bits per heavy atom. The zero-order chi connectivity index (χ0) is 29.6. The summed E-state index contributed by atoms with van der Waals surface area (Å²) in [6.07, 6.45) is 4.82. The van der Waals surface area contributed by atoms with Crippen LogP contribution in [0.4, 0.5) is 0 Å². The van der Waals surface area contributed by atoms with E-state index in [2.05, 4.69) is 13.5 Å². The van der Waals surface area contributed by atoms with Crippen molar-refractivity contribution in [3.05, 3.63) is 95.6 Å². The highest BCUT2D eigenvalue weighted by Crippen LogP contribution is 2.31. The van der Waals surface area contributed by atoms with Gasteiger partial charge in [-0.25, -0.2) is 14.4 Å². The van der Waals surface area contributed by atoms with E-state index in [9.17, 15) is 14.4 Å². The smallest absolute Gasteiger partial charge is 0.343 e. The predicted molar refractivity (Wildman–Crippen MR) is 160 cm³/mol. The molecule has 3 rings (SSSR count). The van der Waals surface area contributed by atoms with Crippen LogP contribution < -0.4 is 14.2 Å². The number of methoxy groups -OCH3 is 1. The van der Waals surface area contributed by atoms with Crippen LogP contribution in [0.2, 0.25) is 0 Å². The van der Waals surface area contributed by atoms with Crippen LogP contribution in [0.15, 0.2) is 83.8 Å². The standard InChI is InChI=1S/C33H36O7S/c1-5-6-9-24-10-15-27(16-11-24)39-32(35)25-12-17-28(18-13-25)40-33(36)26-14-19-30(29(22-26)37-4)41-21-8-7-20-38-31(34)23(2)3/h10-19,22H,2,5-9,20-21H2,1,3-4H3. The Labute approximate surface area is 245 Å². The Morgan fingerprint density at radius 3 is 2.02 bits per heavy atom. The van der Waals surface area contributed by atoms with Crippen molar-refractivity contribution in [3.63, 3.8) is 0 Å². The average molecular weight is 577 g/mol. The van der Waals surface area contributed by atoms with Gasteiger partial charge in [0.15, 0.2) is 0 Å². The molecule has 8 heteroatoms. The lowest BCUT2D eigenvalue weighted by molar-refractivity contribution is -0.139. The highest BCUT2D eigenvalue weighted by Gasteiger charge is 2.14. The van der Waals surface area contributed by atoms with Crippen molar-refractivity contribution in [1.29, 1.82) is 0 Å². The molecular weight excluding hydrogens is 540 g/mol. The first-order valence-corrected chi connectivity index (χ1v) is 14.6. The number of hydrogen-bond acceptors (Lipinski definition) is 8. The van der Waals surface area contributed by atoms with Crippen molar-refractivity contribution < 1.29 is 33.3 Å². The maximum absolute atomic E-state index is 12.8. The second kappa shape index (κ2) is 16.3. The first-order chi connectivity index (χ1) is 19.8. The van der Waals surface area contributed by atoms with Gasteiger partial charge < -0.3 is 18.9 Å². The predicted octanol–water partition coefficient (Wildman–Crippen LogP) is 7.47. The molecule has 0 saturated heterocycles. The number of thioether (sulfide) groups is 1. The first kappa shape index (κ1) is 31.5. The summed E-state index contributed by atoms with van der Waals surface area (Å²) >= 11 is 1.59. The van der Waals surface area contributed by atoms with Crippen molar-refractivity contribution >= 4 is 29.7 Å². The number of unbranched alkanes of at least 4 members (excludes halogenated alkanes) is 2. The monoisotopic (exact) mass is 576 g/mol. The fourth-order valence-electron chi connectivity index (χ4n) is 3.68. The molecule has 3 aromatic carbocycles. The van der Waals surface area contributed by atoms with Crippen molar-refractivity contribution in [3.8, 4) is 17.2 Å². The van der Waals surface area contributed by atoms with Gasteiger partial charge in [0.25, 0.3) is 0 Å². The van der Waals surface area contributed by atoms with Gasteiger partial charge in [0, 0.05) is 10.5 Å². The third-order valence-electron chi connectivity index (χ3n) is 6.03. The summed E-state index contributed by atoms with van der Waals surface area (Å²) in [6.45, 7) is 7.68. The van der Waals surface area contributed by atoms with Crippen LogP contribution in [-0.2, 0) is 16.0 Å². The average Bonchev–Trinajstić information content (AvgIpc) is 2.98. The van der Waals surface area contributed by atoms with Gasteiger partial charge in [0.05, 0.1) is 24.8 Å². The van der Waals surface area contributed by atoms with Crippen LogP contribution in [0.5, 0.6) is 17.2 Å². The lowest BCUT2D eigenvalue weighted by Gasteiger charge is -2.11. The normalized spacial score (nSPS) is 10.5. The number of hydrogen-bond donors (Lipinski definition) is 0. The molecule has 0 aliphatic carbocycles. The SMILES string of the molecule is C=C(C)C(=O)OCCCCSc1ccc(C(=O)Oc2ccc(C(=O)Oc3ccc(CCCC)cc3)cc2)cc1OC. The summed E-state index contributed by atoms with van der Waals surface area (Å²) in [5.41, 5.74) is 2.28. The van der Waals surface area contributed by atoms with Gasteiger partial charge >= 0.3 is 17.9 Å². The quantitative estimate of drug-likeness (QED) is 0.0605. The summed E-state index contributed by atoms with van der Waals surface area (Å²) in [7, 11) is 1.55. The highest BCUT2D eigenvalue weighted by molar-refractivity contribution is 7.99. The molecule has 0 heterocycles. The zero-order valence-electron chi connectivity index (χ0n) is 23.8. The topological polar surface area (TPSA) is 88.1 Å². The Balaban J connectivity index is 1.49. The first-order valence-electron chi connectivity index (χ1n) is 13.6. The van der Waals surface area contributed by atoms with Crippen LogP contribution in [0, 0.1) is 0 Å². The van der Waals surface area contributed by atoms with Crippen LogP contribution in [0.1, 0.15) is 65.8 Å². The largest absolute Gasteiger partial charge is 0.496 e. The van der Waals surface area contributed by atoms with E-state index in [4.69, 9.17) is 18.9 Å². The molecule has 41 heavy (non-hydrogen) atoms. The van der Waals surface area contributed by atoms with E-state index in [1.807, 2.05) is 18.2 Å². The Morgan fingerprint density at radius 1 is 0.805 bits per heavy atom. The second-order valence-electron chi connectivity index (χ2n) is 9.39. The fourth-order valence-corrected chi connectivity index (χ4v) is 4.70. The number of carbonyl (C=O) groups is 3. The van der Waals surface area contributed by atoms with Crippen molar-refractivity contribution in [2.45, 2.75) is 50.8 Å². The Bertz CT molecular complexity index is 1330. The van der Waals surface area contributed by atoms with E-state index in [0.717, 1.165) is 42.8 Å². The number of rotatable bonds is 15. The maximum atomic E-state index is 12.8. The van der Waals surface area contributed by atoms with Gasteiger partial charge in [-0.2, -0.15) is 0 Å².